The van der Waals surface area contributed by atoms with Gasteiger partial charge in [0.25, 0.3) is 0 Å². The van der Waals surface area contributed by atoms with Crippen LogP contribution in [0.3, 0.4) is 0 Å². The lowest BCUT2D eigenvalue weighted by Crippen LogP contribution is -2.45. The minimum absolute atomic E-state index is 0.232. The van der Waals surface area contributed by atoms with Gasteiger partial charge in [-0.15, -0.1) is 0 Å². The first-order valence-electron chi connectivity index (χ1n) is 7.14. The average Bonchev–Trinajstić information content (AvgIpc) is 2.69. The Bertz CT molecular complexity index is 318. The Morgan fingerprint density at radius 1 is 1.37 bits per heavy atom. The molecule has 0 bridgehead atoms. The van der Waals surface area contributed by atoms with E-state index in [9.17, 15) is 9.59 Å². The van der Waals surface area contributed by atoms with E-state index < -0.39 is 5.97 Å². The van der Waals surface area contributed by atoms with Crippen molar-refractivity contribution in [3.8, 4) is 0 Å². The zero-order chi connectivity index (χ0) is 14.4. The van der Waals surface area contributed by atoms with Crippen LogP contribution in [-0.4, -0.2) is 41.6 Å². The number of carboxylic acid groups (broad SMARTS) is 1. The zero-order valence-corrected chi connectivity index (χ0v) is 12.2. The van der Waals surface area contributed by atoms with Crippen molar-refractivity contribution in [2.24, 2.45) is 17.8 Å². The fourth-order valence-electron chi connectivity index (χ4n) is 2.68. The molecular weight excluding hydrogens is 244 g/mol. The van der Waals surface area contributed by atoms with Crippen molar-refractivity contribution >= 4 is 12.0 Å². The van der Waals surface area contributed by atoms with Gasteiger partial charge in [0.2, 0.25) is 0 Å². The summed E-state index contributed by atoms with van der Waals surface area (Å²) in [5.41, 5.74) is 0. The zero-order valence-electron chi connectivity index (χ0n) is 12.2. The largest absolute Gasteiger partial charge is 0.480 e. The fraction of sp³-hybridized carbons (Fsp3) is 0.857. The summed E-state index contributed by atoms with van der Waals surface area (Å²) >= 11 is 0. The van der Waals surface area contributed by atoms with Gasteiger partial charge in [-0.1, -0.05) is 33.6 Å². The van der Waals surface area contributed by atoms with Crippen LogP contribution >= 0.6 is 0 Å². The molecule has 2 N–H and O–H groups in total. The van der Waals surface area contributed by atoms with E-state index in [2.05, 4.69) is 12.2 Å². The van der Waals surface area contributed by atoms with Crippen molar-refractivity contribution < 1.29 is 14.7 Å². The molecule has 1 aliphatic carbocycles. The Balaban J connectivity index is 2.44. The van der Waals surface area contributed by atoms with Gasteiger partial charge in [0, 0.05) is 13.1 Å². The number of nitrogens with one attached hydrogen (secondary N) is 1. The minimum atomic E-state index is -0.968. The van der Waals surface area contributed by atoms with Gasteiger partial charge < -0.3 is 15.3 Å². The predicted octanol–water partition coefficient (Wildman–Crippen LogP) is 2.17. The number of urea groups is 1. The van der Waals surface area contributed by atoms with Crippen LogP contribution in [0.25, 0.3) is 0 Å². The van der Waals surface area contributed by atoms with Crippen molar-refractivity contribution in [2.45, 2.75) is 40.0 Å². The smallest absolute Gasteiger partial charge is 0.323 e. The summed E-state index contributed by atoms with van der Waals surface area (Å²) < 4.78 is 0. The summed E-state index contributed by atoms with van der Waals surface area (Å²) in [6.07, 6.45) is 3.61. The van der Waals surface area contributed by atoms with Crippen LogP contribution in [0, 0.1) is 17.8 Å². The van der Waals surface area contributed by atoms with Gasteiger partial charge in [0.15, 0.2) is 0 Å². The highest BCUT2D eigenvalue weighted by molar-refractivity contribution is 5.80. The molecular formula is C14H26N2O3. The van der Waals surface area contributed by atoms with Gasteiger partial charge in [-0.2, -0.15) is 0 Å². The summed E-state index contributed by atoms with van der Waals surface area (Å²) in [6.45, 7) is 7.06. The number of nitrogens with zero attached hydrogens (tertiary/aromatic N) is 1. The standard InChI is InChI=1S/C14H26N2O3/c1-10(2)8-16(9-13(17)18)14(19)15-7-12-6-4-5-11(12)3/h10-12H,4-9H2,1-3H3,(H,15,19)(H,17,18). The molecule has 0 aromatic carbocycles. The normalized spacial score (nSPS) is 22.5. The molecule has 1 aliphatic rings. The molecule has 0 aromatic rings. The highest BCUT2D eigenvalue weighted by Gasteiger charge is 2.25. The van der Waals surface area contributed by atoms with Crippen LogP contribution in [0.2, 0.25) is 0 Å². The summed E-state index contributed by atoms with van der Waals surface area (Å²) in [5, 5.41) is 11.7. The average molecular weight is 270 g/mol. The molecule has 0 saturated heterocycles. The molecule has 2 amide bonds. The lowest BCUT2D eigenvalue weighted by atomic mass is 9.98. The SMILES string of the molecule is CC(C)CN(CC(=O)O)C(=O)NCC1CCCC1C. The van der Waals surface area contributed by atoms with E-state index in [1.807, 2.05) is 13.8 Å². The van der Waals surface area contributed by atoms with Gasteiger partial charge in [-0.25, -0.2) is 4.79 Å². The number of carbonyl (C=O) groups excluding carboxylic acids is 1. The number of carbonyl (C=O) groups is 2. The van der Waals surface area contributed by atoms with Crippen molar-refractivity contribution in [2.75, 3.05) is 19.6 Å². The Morgan fingerprint density at radius 2 is 2.05 bits per heavy atom. The monoisotopic (exact) mass is 270 g/mol. The van der Waals surface area contributed by atoms with E-state index in [0.29, 0.717) is 24.9 Å². The topological polar surface area (TPSA) is 69.6 Å². The first-order valence-corrected chi connectivity index (χ1v) is 7.14. The fourth-order valence-corrected chi connectivity index (χ4v) is 2.68. The molecule has 0 aromatic heterocycles. The summed E-state index contributed by atoms with van der Waals surface area (Å²) in [5.74, 6) is 0.480. The molecule has 1 saturated carbocycles. The van der Waals surface area contributed by atoms with E-state index in [1.165, 1.54) is 17.7 Å². The number of rotatable bonds is 6. The summed E-state index contributed by atoms with van der Waals surface area (Å²) in [6, 6.07) is -0.254. The van der Waals surface area contributed by atoms with Crippen LogP contribution in [0.5, 0.6) is 0 Å². The van der Waals surface area contributed by atoms with Crippen LogP contribution < -0.4 is 5.32 Å². The van der Waals surface area contributed by atoms with Crippen molar-refractivity contribution in [1.82, 2.24) is 10.2 Å². The van der Waals surface area contributed by atoms with Crippen LogP contribution in [0.15, 0.2) is 0 Å². The molecule has 2 unspecified atom stereocenters. The van der Waals surface area contributed by atoms with Gasteiger partial charge in [0.1, 0.15) is 6.54 Å². The number of aliphatic carboxylic acids is 1. The lowest BCUT2D eigenvalue weighted by Gasteiger charge is -2.24. The van der Waals surface area contributed by atoms with Crippen molar-refractivity contribution in [3.63, 3.8) is 0 Å². The molecule has 5 heteroatoms. The van der Waals surface area contributed by atoms with E-state index >= 15 is 0 Å². The molecule has 19 heavy (non-hydrogen) atoms. The summed E-state index contributed by atoms with van der Waals surface area (Å²) in [7, 11) is 0. The minimum Gasteiger partial charge on any atom is -0.480 e. The van der Waals surface area contributed by atoms with E-state index in [0.717, 1.165) is 6.42 Å². The Kier molecular flexibility index (Phi) is 6.12. The van der Waals surface area contributed by atoms with Crippen molar-refractivity contribution in [3.05, 3.63) is 0 Å². The second-order valence-electron chi connectivity index (χ2n) is 6.02. The third-order valence-corrected chi connectivity index (χ3v) is 3.75. The third kappa shape index (κ3) is 5.49. The number of amides is 2. The maximum Gasteiger partial charge on any atom is 0.323 e. The third-order valence-electron chi connectivity index (χ3n) is 3.75. The molecule has 0 aliphatic heterocycles. The molecule has 0 heterocycles. The summed E-state index contributed by atoms with van der Waals surface area (Å²) in [4.78, 5) is 24.2. The quantitative estimate of drug-likeness (QED) is 0.777. The van der Waals surface area contributed by atoms with Crippen LogP contribution in [0.4, 0.5) is 4.79 Å². The molecule has 110 valence electrons. The van der Waals surface area contributed by atoms with Crippen LogP contribution in [0.1, 0.15) is 40.0 Å². The lowest BCUT2D eigenvalue weighted by molar-refractivity contribution is -0.137. The maximum atomic E-state index is 12.0. The van der Waals surface area contributed by atoms with Gasteiger partial charge in [0.05, 0.1) is 0 Å². The first kappa shape index (κ1) is 15.8. The Hall–Kier alpha value is -1.26. The molecule has 5 nitrogen and oxygen atoms in total. The van der Waals surface area contributed by atoms with Gasteiger partial charge in [-0.05, 0) is 24.2 Å². The Labute approximate surface area is 115 Å². The number of hydrogen-bond acceptors (Lipinski definition) is 2. The highest BCUT2D eigenvalue weighted by atomic mass is 16.4. The van der Waals surface area contributed by atoms with Crippen molar-refractivity contribution in [1.29, 1.82) is 0 Å². The second kappa shape index (κ2) is 7.36. The second-order valence-corrected chi connectivity index (χ2v) is 6.02. The number of carboxylic acids is 1. The van der Waals surface area contributed by atoms with Crippen LogP contribution in [-0.2, 0) is 4.79 Å². The van der Waals surface area contributed by atoms with Gasteiger partial charge >= 0.3 is 12.0 Å². The molecule has 1 rings (SSSR count). The van der Waals surface area contributed by atoms with E-state index in [1.54, 1.807) is 0 Å². The van der Waals surface area contributed by atoms with E-state index in [4.69, 9.17) is 5.11 Å². The van der Waals surface area contributed by atoms with E-state index in [-0.39, 0.29) is 18.5 Å². The predicted molar refractivity (Wildman–Crippen MR) is 74.0 cm³/mol. The Morgan fingerprint density at radius 3 is 2.53 bits per heavy atom. The molecule has 2 atom stereocenters. The highest BCUT2D eigenvalue weighted by Crippen LogP contribution is 2.30. The first-order chi connectivity index (χ1) is 8.90. The number of hydrogen-bond donors (Lipinski definition) is 2. The van der Waals surface area contributed by atoms with Gasteiger partial charge in [-0.3, -0.25) is 4.79 Å². The molecule has 0 radical (unpaired) electrons. The molecule has 0 spiro atoms. The molecule has 1 fully saturated rings. The maximum absolute atomic E-state index is 12.0.